The van der Waals surface area contributed by atoms with Crippen molar-refractivity contribution in [3.63, 3.8) is 0 Å². The van der Waals surface area contributed by atoms with E-state index in [9.17, 15) is 18.0 Å². The lowest BCUT2D eigenvalue weighted by atomic mass is 10.2. The van der Waals surface area contributed by atoms with Gasteiger partial charge in [-0.25, -0.2) is 17.9 Å². The third-order valence-electron chi connectivity index (χ3n) is 3.47. The molecule has 0 atom stereocenters. The molecule has 3 N–H and O–H groups in total. The van der Waals surface area contributed by atoms with Crippen molar-refractivity contribution in [3.05, 3.63) is 58.6 Å². The second kappa shape index (κ2) is 6.77. The zero-order valence-electron chi connectivity index (χ0n) is 14.1. The van der Waals surface area contributed by atoms with Gasteiger partial charge in [-0.3, -0.25) is 9.78 Å². The summed E-state index contributed by atoms with van der Waals surface area (Å²) in [6.07, 6.45) is 0. The van der Waals surface area contributed by atoms with Gasteiger partial charge in [0.25, 0.3) is 5.91 Å². The van der Waals surface area contributed by atoms with Crippen LogP contribution in [-0.2, 0) is 10.0 Å². The van der Waals surface area contributed by atoms with Crippen LogP contribution in [-0.4, -0.2) is 25.4 Å². The quantitative estimate of drug-likeness (QED) is 0.630. The van der Waals surface area contributed by atoms with Gasteiger partial charge in [-0.15, -0.1) is 0 Å². The van der Waals surface area contributed by atoms with Crippen LogP contribution < -0.4 is 15.8 Å². The van der Waals surface area contributed by atoms with E-state index in [1.54, 1.807) is 32.0 Å². The third-order valence-corrected chi connectivity index (χ3v) is 5.13. The van der Waals surface area contributed by atoms with Gasteiger partial charge >= 0.3 is 5.76 Å². The minimum atomic E-state index is -3.70. The highest BCUT2D eigenvalue weighted by molar-refractivity contribution is 7.89. The monoisotopic (exact) mass is 375 g/mol. The second-order valence-corrected chi connectivity index (χ2v) is 7.70. The summed E-state index contributed by atoms with van der Waals surface area (Å²) in [5.41, 5.74) is 1.46. The molecule has 0 radical (unpaired) electrons. The molecule has 9 heteroatoms. The van der Waals surface area contributed by atoms with Gasteiger partial charge < -0.3 is 9.73 Å². The first-order valence-electron chi connectivity index (χ1n) is 7.81. The Morgan fingerprint density at radius 3 is 2.65 bits per heavy atom. The lowest BCUT2D eigenvalue weighted by Crippen LogP contribution is -2.30. The maximum absolute atomic E-state index is 12.4. The normalized spacial score (nSPS) is 11.8. The summed E-state index contributed by atoms with van der Waals surface area (Å²) in [6, 6.07) is 10.2. The number of aromatic nitrogens is 1. The Labute approximate surface area is 149 Å². The Balaban J connectivity index is 1.85. The number of hydrogen-bond acceptors (Lipinski definition) is 5. The van der Waals surface area contributed by atoms with Gasteiger partial charge in [-0.05, 0) is 50.2 Å². The Morgan fingerprint density at radius 1 is 1.15 bits per heavy atom. The summed E-state index contributed by atoms with van der Waals surface area (Å²) < 4.78 is 31.8. The van der Waals surface area contributed by atoms with E-state index in [0.29, 0.717) is 16.8 Å². The lowest BCUT2D eigenvalue weighted by molar-refractivity contribution is 0.102. The predicted octanol–water partition coefficient (Wildman–Crippen LogP) is 2.06. The van der Waals surface area contributed by atoms with Crippen LogP contribution in [0.4, 0.5) is 5.69 Å². The van der Waals surface area contributed by atoms with Crippen LogP contribution in [0.25, 0.3) is 11.1 Å². The smallest absolute Gasteiger partial charge is 0.408 e. The second-order valence-electron chi connectivity index (χ2n) is 5.98. The van der Waals surface area contributed by atoms with E-state index < -0.39 is 21.7 Å². The molecule has 0 saturated heterocycles. The van der Waals surface area contributed by atoms with Crippen molar-refractivity contribution in [2.45, 2.75) is 24.8 Å². The molecule has 2 aromatic carbocycles. The number of H-pyrrole nitrogens is 1. The van der Waals surface area contributed by atoms with Crippen molar-refractivity contribution in [2.24, 2.45) is 0 Å². The van der Waals surface area contributed by atoms with Crippen molar-refractivity contribution < 1.29 is 17.6 Å². The van der Waals surface area contributed by atoms with Crippen molar-refractivity contribution >= 4 is 32.7 Å². The van der Waals surface area contributed by atoms with Crippen LogP contribution >= 0.6 is 0 Å². The fourth-order valence-corrected chi connectivity index (χ4v) is 3.71. The molecule has 8 nitrogen and oxygen atoms in total. The van der Waals surface area contributed by atoms with Crippen molar-refractivity contribution in [3.8, 4) is 0 Å². The Kier molecular flexibility index (Phi) is 4.66. The van der Waals surface area contributed by atoms with E-state index in [0.717, 1.165) is 0 Å². The maximum atomic E-state index is 12.4. The van der Waals surface area contributed by atoms with Gasteiger partial charge in [-0.2, -0.15) is 0 Å². The molecule has 3 aromatic rings. The molecular formula is C17H17N3O5S. The Bertz CT molecular complexity index is 1130. The number of anilines is 1. The first kappa shape index (κ1) is 17.9. The number of hydrogen-bond donors (Lipinski definition) is 3. The number of carbonyl (C=O) groups is 1. The van der Waals surface area contributed by atoms with Crippen LogP contribution in [0, 0.1) is 0 Å². The predicted molar refractivity (Wildman–Crippen MR) is 96.7 cm³/mol. The van der Waals surface area contributed by atoms with Crippen molar-refractivity contribution in [2.75, 3.05) is 5.32 Å². The highest BCUT2D eigenvalue weighted by atomic mass is 32.2. The largest absolute Gasteiger partial charge is 0.417 e. The molecule has 0 saturated carbocycles. The minimum absolute atomic E-state index is 0.00784. The Hall–Kier alpha value is -2.91. The van der Waals surface area contributed by atoms with Gasteiger partial charge in [0, 0.05) is 17.3 Å². The van der Waals surface area contributed by atoms with Crippen LogP contribution in [0.3, 0.4) is 0 Å². The summed E-state index contributed by atoms with van der Waals surface area (Å²) in [5, 5.41) is 2.66. The molecule has 26 heavy (non-hydrogen) atoms. The van der Waals surface area contributed by atoms with E-state index >= 15 is 0 Å². The molecule has 0 fully saturated rings. The first-order chi connectivity index (χ1) is 12.2. The lowest BCUT2D eigenvalue weighted by Gasteiger charge is -2.11. The van der Waals surface area contributed by atoms with E-state index in [4.69, 9.17) is 4.42 Å². The molecular weight excluding hydrogens is 358 g/mol. The van der Waals surface area contributed by atoms with Gasteiger partial charge in [0.2, 0.25) is 10.0 Å². The highest BCUT2D eigenvalue weighted by Gasteiger charge is 2.17. The number of rotatable bonds is 5. The standard InChI is InChI=1S/C17H17N3O5S/c1-10(2)20-26(23,24)13-5-3-4-11(8-13)16(21)18-12-6-7-15-14(9-12)19-17(22)25-15/h3-10,20H,1-2H3,(H,18,21)(H,19,22). The van der Waals surface area contributed by atoms with Crippen LogP contribution in [0.1, 0.15) is 24.2 Å². The highest BCUT2D eigenvalue weighted by Crippen LogP contribution is 2.18. The van der Waals surface area contributed by atoms with E-state index in [1.165, 1.54) is 24.3 Å². The average Bonchev–Trinajstić information content (AvgIpc) is 2.93. The SMILES string of the molecule is CC(C)NS(=O)(=O)c1cccc(C(=O)Nc2ccc3oc(=O)[nH]c3c2)c1. The van der Waals surface area contributed by atoms with Crippen LogP contribution in [0.15, 0.2) is 56.6 Å². The van der Waals surface area contributed by atoms with E-state index in [1.807, 2.05) is 0 Å². The summed E-state index contributed by atoms with van der Waals surface area (Å²) in [5.74, 6) is -1.06. The molecule has 3 rings (SSSR count). The molecule has 1 aromatic heterocycles. The fourth-order valence-electron chi connectivity index (χ4n) is 2.42. The molecule has 0 aliphatic heterocycles. The van der Waals surface area contributed by atoms with E-state index in [-0.39, 0.29) is 16.5 Å². The zero-order chi connectivity index (χ0) is 18.9. The zero-order valence-corrected chi connectivity index (χ0v) is 14.9. The number of nitrogens with one attached hydrogen (secondary N) is 3. The van der Waals surface area contributed by atoms with E-state index in [2.05, 4.69) is 15.0 Å². The van der Waals surface area contributed by atoms with Gasteiger partial charge in [0.15, 0.2) is 5.58 Å². The van der Waals surface area contributed by atoms with Crippen LogP contribution in [0.5, 0.6) is 0 Å². The summed E-state index contributed by atoms with van der Waals surface area (Å²) in [4.78, 5) is 26.1. The van der Waals surface area contributed by atoms with Crippen molar-refractivity contribution in [1.29, 1.82) is 0 Å². The number of oxazole rings is 1. The van der Waals surface area contributed by atoms with Crippen molar-refractivity contribution in [1.82, 2.24) is 9.71 Å². The molecule has 0 unspecified atom stereocenters. The topological polar surface area (TPSA) is 121 Å². The molecule has 0 spiro atoms. The molecule has 1 heterocycles. The number of aromatic amines is 1. The third kappa shape index (κ3) is 3.84. The molecule has 0 aliphatic rings. The molecule has 0 aliphatic carbocycles. The number of carbonyl (C=O) groups excluding carboxylic acids is 1. The number of benzene rings is 2. The van der Waals surface area contributed by atoms with Gasteiger partial charge in [-0.1, -0.05) is 6.07 Å². The molecule has 0 bridgehead atoms. The molecule has 136 valence electrons. The fraction of sp³-hybridized carbons (Fsp3) is 0.176. The average molecular weight is 375 g/mol. The van der Waals surface area contributed by atoms with Gasteiger partial charge in [0.05, 0.1) is 10.4 Å². The summed E-state index contributed by atoms with van der Waals surface area (Å²) in [7, 11) is -3.70. The number of amides is 1. The molecule has 1 amide bonds. The number of fused-ring (bicyclic) bond motifs is 1. The first-order valence-corrected chi connectivity index (χ1v) is 9.29. The maximum Gasteiger partial charge on any atom is 0.417 e. The number of sulfonamides is 1. The Morgan fingerprint density at radius 2 is 1.92 bits per heavy atom. The summed E-state index contributed by atoms with van der Waals surface area (Å²) >= 11 is 0. The summed E-state index contributed by atoms with van der Waals surface area (Å²) in [6.45, 7) is 3.43. The van der Waals surface area contributed by atoms with Gasteiger partial charge in [0.1, 0.15) is 0 Å². The van der Waals surface area contributed by atoms with Crippen LogP contribution in [0.2, 0.25) is 0 Å². The minimum Gasteiger partial charge on any atom is -0.408 e.